The molecule has 0 saturated carbocycles. The molecule has 86 valence electrons. The Morgan fingerprint density at radius 2 is 2.27 bits per heavy atom. The van der Waals surface area contributed by atoms with Crippen molar-refractivity contribution in [2.45, 2.75) is 45.7 Å². The van der Waals surface area contributed by atoms with E-state index in [-0.39, 0.29) is 0 Å². The molecular weight excluding hydrogens is 210 g/mol. The van der Waals surface area contributed by atoms with Crippen molar-refractivity contribution in [3.8, 4) is 0 Å². The number of hydrogen-bond acceptors (Lipinski definition) is 2. The molecule has 1 aromatic heterocycles. The average Bonchev–Trinajstić information content (AvgIpc) is 2.62. The van der Waals surface area contributed by atoms with Gasteiger partial charge >= 0.3 is 0 Å². The van der Waals surface area contributed by atoms with E-state index in [9.17, 15) is 0 Å². The van der Waals surface area contributed by atoms with Gasteiger partial charge in [-0.1, -0.05) is 31.4 Å². The monoisotopic (exact) mass is 229 g/mol. The van der Waals surface area contributed by atoms with E-state index in [1.54, 1.807) is 6.20 Å². The molecule has 3 nitrogen and oxygen atoms in total. The lowest BCUT2D eigenvalue weighted by Crippen LogP contribution is -2.20. The minimum Gasteiger partial charge on any atom is -0.312 e. The summed E-state index contributed by atoms with van der Waals surface area (Å²) in [7, 11) is 1.98. The lowest BCUT2D eigenvalue weighted by atomic mass is 10.1. The van der Waals surface area contributed by atoms with Crippen LogP contribution < -0.4 is 5.32 Å². The summed E-state index contributed by atoms with van der Waals surface area (Å²) in [6, 6.07) is 0.319. The molecule has 0 aliphatic rings. The Hall–Kier alpha value is -0.540. The highest BCUT2D eigenvalue weighted by atomic mass is 35.5. The molecule has 0 amide bonds. The third kappa shape index (κ3) is 2.95. The quantitative estimate of drug-likeness (QED) is 0.813. The molecule has 4 heteroatoms. The Kier molecular flexibility index (Phi) is 5.12. The van der Waals surface area contributed by atoms with E-state index in [1.165, 1.54) is 12.8 Å². The highest BCUT2D eigenvalue weighted by molar-refractivity contribution is 6.31. The van der Waals surface area contributed by atoms with Crippen LogP contribution in [0.3, 0.4) is 0 Å². The molecule has 0 spiro atoms. The van der Waals surface area contributed by atoms with Crippen molar-refractivity contribution in [1.29, 1.82) is 0 Å². The molecule has 0 aliphatic carbocycles. The summed E-state index contributed by atoms with van der Waals surface area (Å²) in [5.41, 5.74) is 1.12. The highest BCUT2D eigenvalue weighted by Gasteiger charge is 2.17. The number of nitrogens with zero attached hydrogens (tertiary/aromatic N) is 2. The van der Waals surface area contributed by atoms with Gasteiger partial charge in [0.05, 0.1) is 23.0 Å². The summed E-state index contributed by atoms with van der Waals surface area (Å²) < 4.78 is 1.97. The fourth-order valence-corrected chi connectivity index (χ4v) is 2.07. The molecule has 1 rings (SSSR count). The van der Waals surface area contributed by atoms with Crippen molar-refractivity contribution in [3.05, 3.63) is 16.9 Å². The zero-order chi connectivity index (χ0) is 11.3. The van der Waals surface area contributed by atoms with Crippen LogP contribution >= 0.6 is 11.6 Å². The molecule has 1 heterocycles. The first-order chi connectivity index (χ1) is 7.24. The minimum absolute atomic E-state index is 0.319. The molecule has 15 heavy (non-hydrogen) atoms. The first-order valence-electron chi connectivity index (χ1n) is 5.63. The van der Waals surface area contributed by atoms with E-state index < -0.39 is 0 Å². The molecule has 0 saturated heterocycles. The lowest BCUT2D eigenvalue weighted by Gasteiger charge is -2.17. The van der Waals surface area contributed by atoms with E-state index >= 15 is 0 Å². The van der Waals surface area contributed by atoms with Crippen molar-refractivity contribution < 1.29 is 0 Å². The maximum atomic E-state index is 6.15. The third-order valence-corrected chi connectivity index (χ3v) is 2.95. The van der Waals surface area contributed by atoms with Crippen LogP contribution in [0.2, 0.25) is 5.02 Å². The number of halogens is 1. The van der Waals surface area contributed by atoms with E-state index in [0.717, 1.165) is 23.7 Å². The van der Waals surface area contributed by atoms with Gasteiger partial charge in [0.2, 0.25) is 0 Å². The summed E-state index contributed by atoms with van der Waals surface area (Å²) in [6.45, 7) is 5.15. The van der Waals surface area contributed by atoms with E-state index in [0.29, 0.717) is 6.04 Å². The fraction of sp³-hybridized carbons (Fsp3) is 0.727. The Labute approximate surface area is 96.8 Å². The van der Waals surface area contributed by atoms with Gasteiger partial charge in [-0.2, -0.15) is 5.10 Å². The van der Waals surface area contributed by atoms with Gasteiger partial charge in [-0.25, -0.2) is 0 Å². The Balaban J connectivity index is 2.84. The van der Waals surface area contributed by atoms with Crippen LogP contribution in [0.1, 0.15) is 44.8 Å². The van der Waals surface area contributed by atoms with Crippen LogP contribution in [0.5, 0.6) is 0 Å². The maximum Gasteiger partial charge on any atom is 0.0834 e. The minimum atomic E-state index is 0.319. The van der Waals surface area contributed by atoms with Gasteiger partial charge in [0.15, 0.2) is 0 Å². The number of unbranched alkanes of at least 4 members (excludes halogenated alkanes) is 1. The van der Waals surface area contributed by atoms with Crippen LogP contribution in [0.15, 0.2) is 6.20 Å². The summed E-state index contributed by atoms with van der Waals surface area (Å²) in [6.07, 6.45) is 5.25. The van der Waals surface area contributed by atoms with Crippen LogP contribution in [-0.4, -0.2) is 16.8 Å². The first kappa shape index (κ1) is 12.5. The van der Waals surface area contributed by atoms with Gasteiger partial charge in [-0.15, -0.1) is 0 Å². The second kappa shape index (κ2) is 6.13. The van der Waals surface area contributed by atoms with Gasteiger partial charge in [-0.3, -0.25) is 4.68 Å². The highest BCUT2D eigenvalue weighted by Crippen LogP contribution is 2.26. The van der Waals surface area contributed by atoms with Gasteiger partial charge in [0.25, 0.3) is 0 Å². The van der Waals surface area contributed by atoms with E-state index in [4.69, 9.17) is 11.6 Å². The predicted molar refractivity (Wildman–Crippen MR) is 64.2 cm³/mol. The van der Waals surface area contributed by atoms with E-state index in [2.05, 4.69) is 24.3 Å². The largest absolute Gasteiger partial charge is 0.312 e. The van der Waals surface area contributed by atoms with Crippen LogP contribution in [-0.2, 0) is 6.54 Å². The SMILES string of the molecule is CCCCC(NC)c1c(Cl)cnn1CC. The van der Waals surface area contributed by atoms with Crippen LogP contribution in [0.4, 0.5) is 0 Å². The molecule has 1 N–H and O–H groups in total. The molecule has 1 aromatic rings. The number of rotatable bonds is 6. The summed E-state index contributed by atoms with van der Waals surface area (Å²) in [5.74, 6) is 0. The Morgan fingerprint density at radius 1 is 1.53 bits per heavy atom. The normalized spacial score (nSPS) is 13.1. The van der Waals surface area contributed by atoms with Gasteiger partial charge in [0, 0.05) is 6.54 Å². The van der Waals surface area contributed by atoms with Crippen molar-refractivity contribution in [2.75, 3.05) is 7.05 Å². The zero-order valence-corrected chi connectivity index (χ0v) is 10.5. The van der Waals surface area contributed by atoms with Gasteiger partial charge in [-0.05, 0) is 20.4 Å². The topological polar surface area (TPSA) is 29.9 Å². The summed E-state index contributed by atoms with van der Waals surface area (Å²) in [4.78, 5) is 0. The predicted octanol–water partition coefficient (Wildman–Crippen LogP) is 3.01. The molecule has 0 aromatic carbocycles. The average molecular weight is 230 g/mol. The van der Waals surface area contributed by atoms with Gasteiger partial charge in [0.1, 0.15) is 0 Å². The molecule has 0 radical (unpaired) electrons. The maximum absolute atomic E-state index is 6.15. The lowest BCUT2D eigenvalue weighted by molar-refractivity contribution is 0.473. The van der Waals surface area contributed by atoms with Crippen molar-refractivity contribution in [1.82, 2.24) is 15.1 Å². The second-order valence-corrected chi connectivity index (χ2v) is 4.08. The standard InChI is InChI=1S/C11H20ClN3/c1-4-6-7-10(13-3)11-9(12)8-14-15(11)5-2/h8,10,13H,4-7H2,1-3H3. The van der Waals surface area contributed by atoms with Crippen LogP contribution in [0, 0.1) is 0 Å². The molecule has 0 fully saturated rings. The van der Waals surface area contributed by atoms with Gasteiger partial charge < -0.3 is 5.32 Å². The number of aromatic nitrogens is 2. The summed E-state index contributed by atoms with van der Waals surface area (Å²) >= 11 is 6.15. The second-order valence-electron chi connectivity index (χ2n) is 3.68. The molecule has 0 aliphatic heterocycles. The van der Waals surface area contributed by atoms with Crippen molar-refractivity contribution in [3.63, 3.8) is 0 Å². The third-order valence-electron chi connectivity index (χ3n) is 2.66. The number of nitrogens with one attached hydrogen (secondary N) is 1. The molecule has 1 atom stereocenters. The smallest absolute Gasteiger partial charge is 0.0834 e. The fourth-order valence-electron chi connectivity index (χ4n) is 1.80. The first-order valence-corrected chi connectivity index (χ1v) is 6.00. The Bertz CT molecular complexity index is 296. The molecule has 1 unspecified atom stereocenters. The number of hydrogen-bond donors (Lipinski definition) is 1. The van der Waals surface area contributed by atoms with Crippen molar-refractivity contribution in [2.24, 2.45) is 0 Å². The van der Waals surface area contributed by atoms with E-state index in [1.807, 2.05) is 11.7 Å². The summed E-state index contributed by atoms with van der Waals surface area (Å²) in [5, 5.41) is 8.34. The Morgan fingerprint density at radius 3 is 2.80 bits per heavy atom. The number of aryl methyl sites for hydroxylation is 1. The molecular formula is C11H20ClN3. The zero-order valence-electron chi connectivity index (χ0n) is 9.76. The van der Waals surface area contributed by atoms with Crippen molar-refractivity contribution >= 4 is 11.6 Å². The molecule has 0 bridgehead atoms. The van der Waals surface area contributed by atoms with Crippen LogP contribution in [0.25, 0.3) is 0 Å².